The number of hydrogen-bond acceptors (Lipinski definition) is 8. The molecule has 0 unspecified atom stereocenters. The number of ether oxygens (including phenoxy) is 1. The molecule has 2 aromatic carbocycles. The van der Waals surface area contributed by atoms with Crippen molar-refractivity contribution in [2.24, 2.45) is 5.73 Å². The van der Waals surface area contributed by atoms with E-state index in [2.05, 4.69) is 20.6 Å². The zero-order valence-electron chi connectivity index (χ0n) is 20.6. The molecule has 0 radical (unpaired) electrons. The number of nitrogens with two attached hydrogens (primary N) is 1. The Kier molecular flexibility index (Phi) is 7.94. The minimum atomic E-state index is -0.571. The molecule has 0 saturated carbocycles. The first-order valence-corrected chi connectivity index (χ1v) is 11.8. The predicted molar refractivity (Wildman–Crippen MR) is 136 cm³/mol. The second-order valence-electron chi connectivity index (χ2n) is 8.43. The van der Waals surface area contributed by atoms with Crippen molar-refractivity contribution in [3.63, 3.8) is 0 Å². The van der Waals surface area contributed by atoms with Gasteiger partial charge in [-0.05, 0) is 43.7 Å². The number of rotatable bonds is 11. The number of nitrogens with one attached hydrogen (secondary N) is 2. The van der Waals surface area contributed by atoms with Gasteiger partial charge in [-0.2, -0.15) is 0 Å². The molecule has 0 atom stereocenters. The number of carbonyl (C=O) groups excluding carboxylic acids is 3. The molecule has 0 spiro atoms. The first-order valence-electron chi connectivity index (χ1n) is 11.8. The summed E-state index contributed by atoms with van der Waals surface area (Å²) in [6.45, 7) is 4.64. The SMILES string of the molecule is Cc1nc(C)c(C(=O)Nc2nc3cc(C(N)=O)ccc3n2CCCNCC(=O)OCc2ccccc2)o1. The smallest absolute Gasteiger partial charge is 0.320 e. The Bertz CT molecular complexity index is 1430. The third kappa shape index (κ3) is 6.39. The van der Waals surface area contributed by atoms with Crippen molar-refractivity contribution in [2.45, 2.75) is 33.4 Å². The highest BCUT2D eigenvalue weighted by molar-refractivity contribution is 6.03. The second kappa shape index (κ2) is 11.5. The van der Waals surface area contributed by atoms with Crippen LogP contribution in [0, 0.1) is 13.8 Å². The standard InChI is InChI=1S/C26H28N6O5/c1-16-23(37-17(2)29-16)25(35)31-26-30-20-13-19(24(27)34)9-10-21(20)32(26)12-6-11-28-14-22(33)36-15-18-7-4-3-5-8-18/h3-5,7-10,13,28H,6,11-12,14-15H2,1-2H3,(H2,27,34)(H,30,31,35). The summed E-state index contributed by atoms with van der Waals surface area (Å²) in [6.07, 6.45) is 0.623. The number of imidazole rings is 1. The van der Waals surface area contributed by atoms with Crippen LogP contribution in [0.5, 0.6) is 0 Å². The maximum Gasteiger partial charge on any atom is 0.320 e. The second-order valence-corrected chi connectivity index (χ2v) is 8.43. The van der Waals surface area contributed by atoms with Crippen LogP contribution in [0.1, 0.15) is 44.5 Å². The van der Waals surface area contributed by atoms with Gasteiger partial charge in [0.05, 0.1) is 23.3 Å². The molecule has 4 N–H and O–H groups in total. The Morgan fingerprint density at radius 3 is 2.57 bits per heavy atom. The van der Waals surface area contributed by atoms with E-state index >= 15 is 0 Å². The number of benzene rings is 2. The lowest BCUT2D eigenvalue weighted by Gasteiger charge is -2.11. The summed E-state index contributed by atoms with van der Waals surface area (Å²) >= 11 is 0. The van der Waals surface area contributed by atoms with Gasteiger partial charge < -0.3 is 24.8 Å². The lowest BCUT2D eigenvalue weighted by atomic mass is 10.2. The molecule has 0 bridgehead atoms. The summed E-state index contributed by atoms with van der Waals surface area (Å²) < 4.78 is 12.5. The number of hydrogen-bond donors (Lipinski definition) is 3. The normalized spacial score (nSPS) is 11.0. The number of aromatic nitrogens is 3. The Morgan fingerprint density at radius 2 is 1.86 bits per heavy atom. The van der Waals surface area contributed by atoms with Crippen LogP contribution in [-0.4, -0.2) is 45.4 Å². The van der Waals surface area contributed by atoms with Crippen LogP contribution in [0.15, 0.2) is 52.9 Å². The molecule has 37 heavy (non-hydrogen) atoms. The molecule has 0 aliphatic rings. The van der Waals surface area contributed by atoms with Gasteiger partial charge in [-0.15, -0.1) is 0 Å². The third-order valence-electron chi connectivity index (χ3n) is 5.62. The van der Waals surface area contributed by atoms with Gasteiger partial charge in [0, 0.05) is 19.0 Å². The molecule has 4 aromatic rings. The molecule has 0 saturated heterocycles. The van der Waals surface area contributed by atoms with Gasteiger partial charge >= 0.3 is 5.97 Å². The van der Waals surface area contributed by atoms with Crippen molar-refractivity contribution >= 4 is 34.8 Å². The Morgan fingerprint density at radius 1 is 1.08 bits per heavy atom. The molecular formula is C26H28N6O5. The van der Waals surface area contributed by atoms with Gasteiger partial charge in [-0.3, -0.25) is 19.7 Å². The highest BCUT2D eigenvalue weighted by atomic mass is 16.5. The summed E-state index contributed by atoms with van der Waals surface area (Å²) in [6, 6.07) is 14.4. The van der Waals surface area contributed by atoms with Crippen molar-refractivity contribution in [3.8, 4) is 0 Å². The van der Waals surface area contributed by atoms with Crippen LogP contribution in [0.25, 0.3) is 11.0 Å². The van der Waals surface area contributed by atoms with E-state index in [0.717, 1.165) is 5.56 Å². The Hall–Kier alpha value is -4.51. The van der Waals surface area contributed by atoms with Crippen LogP contribution >= 0.6 is 0 Å². The first kappa shape index (κ1) is 25.6. The number of amides is 2. The van der Waals surface area contributed by atoms with Gasteiger partial charge in [0.1, 0.15) is 6.61 Å². The molecule has 0 aliphatic carbocycles. The maximum atomic E-state index is 12.8. The molecule has 2 heterocycles. The van der Waals surface area contributed by atoms with Crippen molar-refractivity contribution in [3.05, 3.63) is 77.0 Å². The average Bonchev–Trinajstić information content (AvgIpc) is 3.40. The fourth-order valence-corrected chi connectivity index (χ4v) is 3.85. The number of oxazole rings is 1. The molecule has 2 aromatic heterocycles. The number of nitrogens with zero attached hydrogens (tertiary/aromatic N) is 3. The lowest BCUT2D eigenvalue weighted by molar-refractivity contribution is -0.143. The third-order valence-corrected chi connectivity index (χ3v) is 5.62. The molecule has 11 heteroatoms. The van der Waals surface area contributed by atoms with E-state index in [1.807, 2.05) is 34.9 Å². The molecule has 11 nitrogen and oxygen atoms in total. The summed E-state index contributed by atoms with van der Waals surface area (Å²) in [5.41, 5.74) is 8.34. The molecule has 0 aliphatic heterocycles. The largest absolute Gasteiger partial charge is 0.460 e. The van der Waals surface area contributed by atoms with E-state index in [0.29, 0.717) is 47.7 Å². The topological polar surface area (TPSA) is 154 Å². The zero-order valence-corrected chi connectivity index (χ0v) is 20.6. The minimum Gasteiger partial charge on any atom is -0.460 e. The highest BCUT2D eigenvalue weighted by Crippen LogP contribution is 2.23. The van der Waals surface area contributed by atoms with E-state index in [1.165, 1.54) is 0 Å². The summed E-state index contributed by atoms with van der Waals surface area (Å²) in [5.74, 6) is -0.624. The molecular weight excluding hydrogens is 476 g/mol. The van der Waals surface area contributed by atoms with Crippen molar-refractivity contribution in [2.75, 3.05) is 18.4 Å². The molecule has 0 fully saturated rings. The lowest BCUT2D eigenvalue weighted by Crippen LogP contribution is -2.26. The summed E-state index contributed by atoms with van der Waals surface area (Å²) in [7, 11) is 0. The average molecular weight is 505 g/mol. The Balaban J connectivity index is 1.39. The summed E-state index contributed by atoms with van der Waals surface area (Å²) in [4.78, 5) is 45.1. The number of esters is 1. The van der Waals surface area contributed by atoms with Crippen LogP contribution in [-0.2, 0) is 22.7 Å². The minimum absolute atomic E-state index is 0.0766. The van der Waals surface area contributed by atoms with Crippen LogP contribution in [0.3, 0.4) is 0 Å². The number of carbonyl (C=O) groups is 3. The van der Waals surface area contributed by atoms with Crippen LogP contribution < -0.4 is 16.4 Å². The highest BCUT2D eigenvalue weighted by Gasteiger charge is 2.20. The van der Waals surface area contributed by atoms with E-state index in [1.54, 1.807) is 32.0 Å². The molecule has 4 rings (SSSR count). The van der Waals surface area contributed by atoms with Gasteiger partial charge in [0.2, 0.25) is 17.6 Å². The van der Waals surface area contributed by atoms with Gasteiger partial charge in [-0.25, -0.2) is 9.97 Å². The molecule has 192 valence electrons. The van der Waals surface area contributed by atoms with Crippen LogP contribution in [0.2, 0.25) is 0 Å². The fourth-order valence-electron chi connectivity index (χ4n) is 3.85. The van der Waals surface area contributed by atoms with E-state index in [-0.39, 0.29) is 30.8 Å². The number of fused-ring (bicyclic) bond motifs is 1. The van der Waals surface area contributed by atoms with E-state index < -0.39 is 11.8 Å². The van der Waals surface area contributed by atoms with Crippen LogP contribution in [0.4, 0.5) is 5.95 Å². The zero-order chi connectivity index (χ0) is 26.4. The quantitative estimate of drug-likeness (QED) is 0.208. The van der Waals surface area contributed by atoms with E-state index in [9.17, 15) is 14.4 Å². The van der Waals surface area contributed by atoms with E-state index in [4.69, 9.17) is 14.9 Å². The van der Waals surface area contributed by atoms with Crippen molar-refractivity contribution in [1.82, 2.24) is 19.9 Å². The predicted octanol–water partition coefficient (Wildman–Crippen LogP) is 2.72. The maximum absolute atomic E-state index is 12.8. The van der Waals surface area contributed by atoms with Crippen molar-refractivity contribution in [1.29, 1.82) is 0 Å². The summed E-state index contributed by atoms with van der Waals surface area (Å²) in [5, 5.41) is 5.85. The first-order chi connectivity index (χ1) is 17.8. The number of aryl methyl sites for hydroxylation is 3. The Labute approximate surface area is 213 Å². The fraction of sp³-hybridized carbons (Fsp3) is 0.269. The number of anilines is 1. The van der Waals surface area contributed by atoms with Gasteiger partial charge in [-0.1, -0.05) is 30.3 Å². The number of primary amides is 1. The van der Waals surface area contributed by atoms with Gasteiger partial charge in [0.25, 0.3) is 5.91 Å². The molecule has 2 amide bonds. The van der Waals surface area contributed by atoms with Gasteiger partial charge in [0.15, 0.2) is 5.89 Å². The van der Waals surface area contributed by atoms with Crippen molar-refractivity contribution < 1.29 is 23.5 Å². The monoisotopic (exact) mass is 504 g/mol.